The van der Waals surface area contributed by atoms with Crippen molar-refractivity contribution in [3.8, 4) is 5.75 Å². The lowest BCUT2D eigenvalue weighted by atomic mass is 10.3. The number of halogens is 1. The van der Waals surface area contributed by atoms with E-state index in [0.29, 0.717) is 18.2 Å². The summed E-state index contributed by atoms with van der Waals surface area (Å²) < 4.78 is 13.2. The summed E-state index contributed by atoms with van der Waals surface area (Å²) in [4.78, 5) is 4.68. The van der Waals surface area contributed by atoms with Crippen LogP contribution in [0.3, 0.4) is 0 Å². The summed E-state index contributed by atoms with van der Waals surface area (Å²) in [5.41, 5.74) is 1.96. The molecule has 0 saturated carbocycles. The van der Waals surface area contributed by atoms with Crippen molar-refractivity contribution in [3.05, 3.63) is 59.4 Å². The molecule has 0 aliphatic rings. The molecule has 0 aliphatic carbocycles. The van der Waals surface area contributed by atoms with E-state index in [9.17, 15) is 0 Å². The smallest absolute Gasteiger partial charge is 0.148 e. The average molecular weight is 331 g/mol. The molecule has 5 heteroatoms. The van der Waals surface area contributed by atoms with E-state index in [1.165, 1.54) is 0 Å². The highest BCUT2D eigenvalue weighted by Crippen LogP contribution is 2.22. The highest BCUT2D eigenvalue weighted by molar-refractivity contribution is 6.31. The number of aromatic nitrogens is 2. The zero-order valence-corrected chi connectivity index (χ0v) is 13.8. The number of fused-ring (bicyclic) bond motifs is 1. The quantitative estimate of drug-likeness (QED) is 0.606. The Hall–Kier alpha value is -2.04. The van der Waals surface area contributed by atoms with Crippen LogP contribution in [0.15, 0.2) is 48.5 Å². The van der Waals surface area contributed by atoms with E-state index in [4.69, 9.17) is 21.1 Å². The minimum Gasteiger partial charge on any atom is -0.486 e. The molecule has 0 unspecified atom stereocenters. The highest BCUT2D eigenvalue weighted by atomic mass is 35.5. The molecule has 0 bridgehead atoms. The normalized spacial score (nSPS) is 11.0. The van der Waals surface area contributed by atoms with Crippen LogP contribution >= 0.6 is 11.6 Å². The summed E-state index contributed by atoms with van der Waals surface area (Å²) in [6.45, 7) is 1.97. The van der Waals surface area contributed by atoms with Crippen LogP contribution in [-0.2, 0) is 17.9 Å². The number of ether oxygens (including phenoxy) is 2. The molecule has 23 heavy (non-hydrogen) atoms. The summed E-state index contributed by atoms with van der Waals surface area (Å²) in [7, 11) is 1.71. The first kappa shape index (κ1) is 15.8. The fourth-order valence-corrected chi connectivity index (χ4v) is 2.71. The minimum absolute atomic E-state index is 0.420. The van der Waals surface area contributed by atoms with Gasteiger partial charge in [0.1, 0.15) is 18.2 Å². The third-order valence-electron chi connectivity index (χ3n) is 3.63. The highest BCUT2D eigenvalue weighted by Gasteiger charge is 2.11. The predicted octanol–water partition coefficient (Wildman–Crippen LogP) is 4.31. The van der Waals surface area contributed by atoms with Crippen molar-refractivity contribution in [1.29, 1.82) is 0 Å². The third-order valence-corrected chi connectivity index (χ3v) is 3.87. The second-order valence-corrected chi connectivity index (χ2v) is 5.70. The van der Waals surface area contributed by atoms with Gasteiger partial charge in [-0.25, -0.2) is 4.98 Å². The molecule has 2 aromatic carbocycles. The third kappa shape index (κ3) is 3.84. The fourth-order valence-electron chi connectivity index (χ4n) is 2.54. The van der Waals surface area contributed by atoms with Crippen LogP contribution in [0, 0.1) is 0 Å². The Morgan fingerprint density at radius 3 is 2.74 bits per heavy atom. The van der Waals surface area contributed by atoms with Gasteiger partial charge in [-0.3, -0.25) is 0 Å². The van der Waals surface area contributed by atoms with Crippen LogP contribution < -0.4 is 4.74 Å². The summed E-state index contributed by atoms with van der Waals surface area (Å²) in [5, 5.41) is 0.689. The first-order chi connectivity index (χ1) is 11.3. The molecule has 0 fully saturated rings. The molecular formula is C18H19ClN2O2. The summed E-state index contributed by atoms with van der Waals surface area (Å²) in [5.74, 6) is 1.73. The van der Waals surface area contributed by atoms with Gasteiger partial charge in [0.15, 0.2) is 0 Å². The van der Waals surface area contributed by atoms with Crippen molar-refractivity contribution in [2.45, 2.75) is 19.6 Å². The van der Waals surface area contributed by atoms with E-state index in [2.05, 4.69) is 9.55 Å². The maximum Gasteiger partial charge on any atom is 0.148 e. The number of rotatable bonds is 7. The standard InChI is InChI=1S/C18H19ClN2O2/c1-22-11-5-10-21-17-9-8-14(19)12-16(17)20-18(21)13-23-15-6-3-2-4-7-15/h2-4,6-9,12H,5,10-11,13H2,1H3. The van der Waals surface area contributed by atoms with E-state index in [-0.39, 0.29) is 0 Å². The van der Waals surface area contributed by atoms with E-state index in [0.717, 1.165) is 35.6 Å². The molecule has 1 heterocycles. The average Bonchev–Trinajstić information content (AvgIpc) is 2.91. The van der Waals surface area contributed by atoms with Crippen molar-refractivity contribution >= 4 is 22.6 Å². The molecule has 1 aromatic heterocycles. The summed E-state index contributed by atoms with van der Waals surface area (Å²) in [6, 6.07) is 15.5. The molecule has 3 aromatic rings. The lowest BCUT2D eigenvalue weighted by molar-refractivity contribution is 0.189. The zero-order valence-electron chi connectivity index (χ0n) is 13.0. The zero-order chi connectivity index (χ0) is 16.1. The molecule has 0 saturated heterocycles. The Kier molecular flexibility index (Phi) is 5.16. The van der Waals surface area contributed by atoms with Gasteiger partial charge in [-0.05, 0) is 36.8 Å². The van der Waals surface area contributed by atoms with E-state index >= 15 is 0 Å². The Morgan fingerprint density at radius 2 is 1.96 bits per heavy atom. The Labute approximate surface area is 140 Å². The van der Waals surface area contributed by atoms with Crippen LogP contribution in [0.4, 0.5) is 0 Å². The van der Waals surface area contributed by atoms with Gasteiger partial charge in [0.2, 0.25) is 0 Å². The largest absolute Gasteiger partial charge is 0.486 e. The Bertz CT molecular complexity index is 771. The van der Waals surface area contributed by atoms with Gasteiger partial charge < -0.3 is 14.0 Å². The summed E-state index contributed by atoms with van der Waals surface area (Å²) >= 11 is 6.08. The maximum atomic E-state index is 6.08. The Morgan fingerprint density at radius 1 is 1.13 bits per heavy atom. The molecule has 0 aliphatic heterocycles. The minimum atomic E-state index is 0.420. The number of hydrogen-bond donors (Lipinski definition) is 0. The van der Waals surface area contributed by atoms with Gasteiger partial charge in [-0.2, -0.15) is 0 Å². The van der Waals surface area contributed by atoms with Gasteiger partial charge in [0.05, 0.1) is 11.0 Å². The van der Waals surface area contributed by atoms with E-state index < -0.39 is 0 Å². The van der Waals surface area contributed by atoms with Crippen molar-refractivity contribution in [3.63, 3.8) is 0 Å². The maximum absolute atomic E-state index is 6.08. The topological polar surface area (TPSA) is 36.3 Å². The number of nitrogens with zero attached hydrogens (tertiary/aromatic N) is 2. The van der Waals surface area contributed by atoms with Crippen molar-refractivity contribution in [1.82, 2.24) is 9.55 Å². The monoisotopic (exact) mass is 330 g/mol. The van der Waals surface area contributed by atoms with Crippen LogP contribution in [0.5, 0.6) is 5.75 Å². The molecule has 0 spiro atoms. The Balaban J connectivity index is 1.85. The van der Waals surface area contributed by atoms with Crippen molar-refractivity contribution in [2.24, 2.45) is 0 Å². The van der Waals surface area contributed by atoms with Crippen LogP contribution in [-0.4, -0.2) is 23.3 Å². The molecule has 0 atom stereocenters. The molecular weight excluding hydrogens is 312 g/mol. The number of benzene rings is 2. The number of para-hydroxylation sites is 1. The van der Waals surface area contributed by atoms with Gasteiger partial charge in [0.25, 0.3) is 0 Å². The number of imidazole rings is 1. The lowest BCUT2D eigenvalue weighted by Crippen LogP contribution is -2.09. The van der Waals surface area contributed by atoms with Gasteiger partial charge >= 0.3 is 0 Å². The first-order valence-electron chi connectivity index (χ1n) is 7.59. The molecule has 0 N–H and O–H groups in total. The van der Waals surface area contributed by atoms with E-state index in [1.807, 2.05) is 48.5 Å². The number of aryl methyl sites for hydroxylation is 1. The molecule has 3 rings (SSSR count). The number of methoxy groups -OCH3 is 1. The lowest BCUT2D eigenvalue weighted by Gasteiger charge is -2.10. The van der Waals surface area contributed by atoms with Crippen LogP contribution in [0.1, 0.15) is 12.2 Å². The van der Waals surface area contributed by atoms with Gasteiger partial charge in [-0.1, -0.05) is 29.8 Å². The van der Waals surface area contributed by atoms with E-state index in [1.54, 1.807) is 7.11 Å². The molecule has 4 nitrogen and oxygen atoms in total. The van der Waals surface area contributed by atoms with Crippen LogP contribution in [0.2, 0.25) is 5.02 Å². The van der Waals surface area contributed by atoms with Gasteiger partial charge in [-0.15, -0.1) is 0 Å². The van der Waals surface area contributed by atoms with Gasteiger partial charge in [0, 0.05) is 25.3 Å². The summed E-state index contributed by atoms with van der Waals surface area (Å²) in [6.07, 6.45) is 0.920. The first-order valence-corrected chi connectivity index (χ1v) is 7.97. The second kappa shape index (κ2) is 7.49. The van der Waals surface area contributed by atoms with Crippen LogP contribution in [0.25, 0.3) is 11.0 Å². The molecule has 120 valence electrons. The molecule has 0 radical (unpaired) electrons. The second-order valence-electron chi connectivity index (χ2n) is 5.26. The number of hydrogen-bond acceptors (Lipinski definition) is 3. The fraction of sp³-hybridized carbons (Fsp3) is 0.278. The van der Waals surface area contributed by atoms with Crippen molar-refractivity contribution < 1.29 is 9.47 Å². The molecule has 0 amide bonds. The van der Waals surface area contributed by atoms with Crippen molar-refractivity contribution in [2.75, 3.05) is 13.7 Å². The predicted molar refractivity (Wildman–Crippen MR) is 92.0 cm³/mol. The SMILES string of the molecule is COCCCn1c(COc2ccccc2)nc2cc(Cl)ccc21.